The summed E-state index contributed by atoms with van der Waals surface area (Å²) in [7, 11) is 0. The van der Waals surface area contributed by atoms with Crippen molar-refractivity contribution in [1.82, 2.24) is 9.97 Å². The summed E-state index contributed by atoms with van der Waals surface area (Å²) < 4.78 is 0. The van der Waals surface area contributed by atoms with E-state index in [2.05, 4.69) is 9.97 Å². The van der Waals surface area contributed by atoms with Crippen LogP contribution in [0.4, 0.5) is 17.3 Å². The number of hydrogen-bond donors (Lipinski definition) is 2. The largest absolute Gasteiger partial charge is 0.394 e. The van der Waals surface area contributed by atoms with Crippen LogP contribution in [0.2, 0.25) is 0 Å². The average molecular weight is 239 g/mol. The molecular formula is C9H13N5O3. The number of anilines is 2. The summed E-state index contributed by atoms with van der Waals surface area (Å²) in [6, 6.07) is -0.136. The van der Waals surface area contributed by atoms with E-state index < -0.39 is 4.92 Å². The van der Waals surface area contributed by atoms with E-state index in [0.717, 1.165) is 12.8 Å². The van der Waals surface area contributed by atoms with Gasteiger partial charge in [0.1, 0.15) is 6.33 Å². The summed E-state index contributed by atoms with van der Waals surface area (Å²) in [4.78, 5) is 19.6. The second-order valence-electron chi connectivity index (χ2n) is 3.86. The maximum Gasteiger partial charge on any atom is 0.353 e. The molecule has 0 amide bonds. The highest BCUT2D eigenvalue weighted by Crippen LogP contribution is 2.33. The van der Waals surface area contributed by atoms with Gasteiger partial charge in [-0.25, -0.2) is 9.97 Å². The monoisotopic (exact) mass is 239 g/mol. The molecular weight excluding hydrogens is 226 g/mol. The van der Waals surface area contributed by atoms with E-state index in [1.807, 2.05) is 0 Å². The minimum absolute atomic E-state index is 0.0545. The summed E-state index contributed by atoms with van der Waals surface area (Å²) in [6.07, 6.45) is 2.86. The third kappa shape index (κ3) is 1.98. The topological polar surface area (TPSA) is 118 Å². The fourth-order valence-electron chi connectivity index (χ4n) is 2.07. The van der Waals surface area contributed by atoms with Gasteiger partial charge in [-0.2, -0.15) is 0 Å². The Kier molecular flexibility index (Phi) is 3.05. The number of aromatic nitrogens is 2. The molecule has 1 fully saturated rings. The second-order valence-corrected chi connectivity index (χ2v) is 3.86. The molecule has 0 aromatic carbocycles. The zero-order chi connectivity index (χ0) is 12.4. The van der Waals surface area contributed by atoms with Crippen LogP contribution in [0.5, 0.6) is 0 Å². The number of aliphatic hydroxyl groups is 1. The van der Waals surface area contributed by atoms with E-state index in [4.69, 9.17) is 5.73 Å². The quantitative estimate of drug-likeness (QED) is 0.559. The summed E-state index contributed by atoms with van der Waals surface area (Å²) in [6.45, 7) is 0.573. The van der Waals surface area contributed by atoms with Gasteiger partial charge >= 0.3 is 5.69 Å². The third-order valence-electron chi connectivity index (χ3n) is 2.87. The number of nitrogen functional groups attached to an aromatic ring is 1. The number of aliphatic hydroxyl groups excluding tert-OH is 1. The molecule has 1 aliphatic heterocycles. The van der Waals surface area contributed by atoms with Crippen LogP contribution in [0.1, 0.15) is 12.8 Å². The van der Waals surface area contributed by atoms with E-state index in [0.29, 0.717) is 6.54 Å². The fourth-order valence-corrected chi connectivity index (χ4v) is 2.07. The molecule has 0 spiro atoms. The van der Waals surface area contributed by atoms with Crippen molar-refractivity contribution in [3.05, 3.63) is 16.4 Å². The molecule has 0 radical (unpaired) electrons. The lowest BCUT2D eigenvalue weighted by Crippen LogP contribution is -2.33. The molecule has 1 unspecified atom stereocenters. The molecule has 2 rings (SSSR count). The first-order chi connectivity index (χ1) is 8.15. The van der Waals surface area contributed by atoms with E-state index in [1.54, 1.807) is 4.90 Å². The molecule has 8 heteroatoms. The van der Waals surface area contributed by atoms with Gasteiger partial charge in [0.25, 0.3) is 0 Å². The summed E-state index contributed by atoms with van der Waals surface area (Å²) in [5.74, 6) is 0.0441. The lowest BCUT2D eigenvalue weighted by Gasteiger charge is -2.23. The summed E-state index contributed by atoms with van der Waals surface area (Å²) in [5, 5.41) is 20.2. The van der Waals surface area contributed by atoms with Gasteiger partial charge < -0.3 is 15.7 Å². The highest BCUT2D eigenvalue weighted by Gasteiger charge is 2.32. The van der Waals surface area contributed by atoms with E-state index in [1.165, 1.54) is 6.33 Å². The molecule has 1 aliphatic rings. The molecule has 0 saturated carbocycles. The van der Waals surface area contributed by atoms with Crippen molar-refractivity contribution in [3.8, 4) is 0 Å². The fraction of sp³-hybridized carbons (Fsp3) is 0.556. The summed E-state index contributed by atoms with van der Waals surface area (Å²) in [5.41, 5.74) is 5.21. The predicted octanol–water partition coefficient (Wildman–Crippen LogP) is -0.0719. The molecule has 17 heavy (non-hydrogen) atoms. The number of nitrogens with two attached hydrogens (primary N) is 1. The maximum atomic E-state index is 11.0. The molecule has 1 aromatic heterocycles. The third-order valence-corrected chi connectivity index (χ3v) is 2.87. The van der Waals surface area contributed by atoms with Gasteiger partial charge in [-0.3, -0.25) is 10.1 Å². The first kappa shape index (κ1) is 11.5. The predicted molar refractivity (Wildman–Crippen MR) is 60.6 cm³/mol. The lowest BCUT2D eigenvalue weighted by molar-refractivity contribution is -0.383. The Hall–Kier alpha value is -1.96. The van der Waals surface area contributed by atoms with E-state index in [-0.39, 0.29) is 30.0 Å². The van der Waals surface area contributed by atoms with Crippen molar-refractivity contribution >= 4 is 17.3 Å². The van der Waals surface area contributed by atoms with Gasteiger partial charge in [0.2, 0.25) is 11.6 Å². The highest BCUT2D eigenvalue weighted by atomic mass is 16.6. The normalized spacial score (nSPS) is 19.6. The Labute approximate surface area is 97.2 Å². The highest BCUT2D eigenvalue weighted by molar-refractivity contribution is 5.69. The first-order valence-electron chi connectivity index (χ1n) is 5.27. The Morgan fingerprint density at radius 2 is 2.41 bits per heavy atom. The van der Waals surface area contributed by atoms with Crippen LogP contribution in [0.25, 0.3) is 0 Å². The minimum atomic E-state index is -0.586. The van der Waals surface area contributed by atoms with E-state index in [9.17, 15) is 15.2 Å². The van der Waals surface area contributed by atoms with Crippen molar-refractivity contribution in [2.24, 2.45) is 0 Å². The summed E-state index contributed by atoms with van der Waals surface area (Å²) >= 11 is 0. The molecule has 3 N–H and O–H groups in total. The zero-order valence-electron chi connectivity index (χ0n) is 9.11. The average Bonchev–Trinajstić information content (AvgIpc) is 2.75. The van der Waals surface area contributed by atoms with Crippen LogP contribution in [0.15, 0.2) is 6.33 Å². The minimum Gasteiger partial charge on any atom is -0.394 e. The SMILES string of the molecule is Nc1ncnc(N2CCCC2CO)c1[N+](=O)[O-]. The number of nitro groups is 1. The molecule has 0 bridgehead atoms. The smallest absolute Gasteiger partial charge is 0.353 e. The van der Waals surface area contributed by atoms with Crippen LogP contribution < -0.4 is 10.6 Å². The molecule has 2 heterocycles. The number of hydrogen-bond acceptors (Lipinski definition) is 7. The molecule has 1 aromatic rings. The zero-order valence-corrected chi connectivity index (χ0v) is 9.11. The van der Waals surface area contributed by atoms with Gasteiger partial charge in [-0.05, 0) is 12.8 Å². The second kappa shape index (κ2) is 4.50. The molecule has 0 aliphatic carbocycles. The van der Waals surface area contributed by atoms with Crippen molar-refractivity contribution in [2.45, 2.75) is 18.9 Å². The van der Waals surface area contributed by atoms with Gasteiger partial charge in [-0.15, -0.1) is 0 Å². The Balaban J connectivity index is 2.44. The van der Waals surface area contributed by atoms with Crippen LogP contribution in [0.3, 0.4) is 0 Å². The van der Waals surface area contributed by atoms with Crippen LogP contribution in [-0.2, 0) is 0 Å². The van der Waals surface area contributed by atoms with Crippen molar-refractivity contribution < 1.29 is 10.0 Å². The van der Waals surface area contributed by atoms with Crippen LogP contribution in [-0.4, -0.2) is 39.2 Å². The van der Waals surface area contributed by atoms with Gasteiger partial charge in [-0.1, -0.05) is 0 Å². The van der Waals surface area contributed by atoms with Crippen molar-refractivity contribution in [2.75, 3.05) is 23.8 Å². The maximum absolute atomic E-state index is 11.0. The Morgan fingerprint density at radius 3 is 3.06 bits per heavy atom. The first-order valence-corrected chi connectivity index (χ1v) is 5.27. The molecule has 1 atom stereocenters. The van der Waals surface area contributed by atoms with Gasteiger partial charge in [0.15, 0.2) is 0 Å². The van der Waals surface area contributed by atoms with Crippen LogP contribution >= 0.6 is 0 Å². The molecule has 1 saturated heterocycles. The van der Waals surface area contributed by atoms with Crippen molar-refractivity contribution in [3.63, 3.8) is 0 Å². The van der Waals surface area contributed by atoms with E-state index >= 15 is 0 Å². The van der Waals surface area contributed by atoms with Crippen molar-refractivity contribution in [1.29, 1.82) is 0 Å². The Morgan fingerprint density at radius 1 is 1.65 bits per heavy atom. The van der Waals surface area contributed by atoms with Gasteiger partial charge in [0, 0.05) is 6.54 Å². The Bertz CT molecular complexity index is 439. The van der Waals surface area contributed by atoms with Crippen LogP contribution in [0, 0.1) is 10.1 Å². The molecule has 8 nitrogen and oxygen atoms in total. The lowest BCUT2D eigenvalue weighted by atomic mass is 10.2. The molecule has 92 valence electrons. The number of rotatable bonds is 3. The number of nitrogens with zero attached hydrogens (tertiary/aromatic N) is 4. The standard InChI is InChI=1S/C9H13N5O3/c10-8-7(14(16)17)9(12-5-11-8)13-3-1-2-6(13)4-15/h5-6,15H,1-4H2,(H2,10,11,12). The van der Waals surface area contributed by atoms with Gasteiger partial charge in [0.05, 0.1) is 17.6 Å².